The van der Waals surface area contributed by atoms with E-state index in [4.69, 9.17) is 18.9 Å². The molecule has 2 fully saturated rings. The zero-order chi connectivity index (χ0) is 32.1. The molecule has 2 aromatic rings. The summed E-state index contributed by atoms with van der Waals surface area (Å²) in [6.07, 6.45) is -10.1. The van der Waals surface area contributed by atoms with Crippen molar-refractivity contribution in [3.63, 3.8) is 0 Å². The van der Waals surface area contributed by atoms with E-state index in [1.807, 2.05) is 0 Å². The highest BCUT2D eigenvalue weighted by molar-refractivity contribution is 5.93. The van der Waals surface area contributed by atoms with E-state index in [9.17, 15) is 50.8 Å². The molecule has 0 saturated carbocycles. The van der Waals surface area contributed by atoms with E-state index in [0.717, 1.165) is 0 Å². The summed E-state index contributed by atoms with van der Waals surface area (Å²) in [5.41, 5.74) is 1.02. The minimum Gasteiger partial charge on any atom is -0.504 e. The van der Waals surface area contributed by atoms with Gasteiger partial charge in [-0.05, 0) is 54.8 Å². The summed E-state index contributed by atoms with van der Waals surface area (Å²) < 4.78 is 23.1. The summed E-state index contributed by atoms with van der Waals surface area (Å²) in [5.74, 6) is -2.80. The molecule has 0 radical (unpaired) electrons. The number of benzene rings is 2. The molecule has 9 N–H and O–H groups in total. The molecule has 0 amide bonds. The summed E-state index contributed by atoms with van der Waals surface area (Å²) >= 11 is 0. The number of aromatic hydroxyl groups is 4. The Labute approximate surface area is 252 Å². The van der Waals surface area contributed by atoms with E-state index < -0.39 is 73.6 Å². The number of aliphatic hydroxyl groups is 5. The Bertz CT molecular complexity index is 1300. The number of rotatable bonds is 11. The standard InChI is InChI=1S/C30H38O14/c1-14-24(37)25(38)26(39)30(42-14)44-28-18(12-17(32)5-2-15-3-6-19(33)21(35)10-15)23(13-31)43-29(27(28)40)41-9-8-16-4-7-20(34)22(36)11-16/h2-7,10-11,14,18,23-31,33-40H,8-9,12-13H2,1H3/t14-,18-,23-,24+,25-,26+,27-,28-,29-,30-/m0/s1. The maximum Gasteiger partial charge on any atom is 0.186 e. The number of phenolic OH excluding ortho intramolecular Hbond substituents is 4. The summed E-state index contributed by atoms with van der Waals surface area (Å²) in [6, 6.07) is 8.19. The van der Waals surface area contributed by atoms with Crippen molar-refractivity contribution in [1.82, 2.24) is 0 Å². The van der Waals surface area contributed by atoms with Crippen molar-refractivity contribution in [3.8, 4) is 23.0 Å². The van der Waals surface area contributed by atoms with E-state index >= 15 is 0 Å². The van der Waals surface area contributed by atoms with Gasteiger partial charge >= 0.3 is 0 Å². The molecule has 242 valence electrons. The van der Waals surface area contributed by atoms with Gasteiger partial charge in [0.1, 0.15) is 24.4 Å². The van der Waals surface area contributed by atoms with Crippen LogP contribution in [0.2, 0.25) is 0 Å². The van der Waals surface area contributed by atoms with Crippen molar-refractivity contribution in [3.05, 3.63) is 53.6 Å². The minimum atomic E-state index is -1.72. The van der Waals surface area contributed by atoms with Crippen molar-refractivity contribution in [1.29, 1.82) is 0 Å². The number of ketones is 1. The zero-order valence-electron chi connectivity index (χ0n) is 23.8. The van der Waals surface area contributed by atoms with Gasteiger partial charge in [0.15, 0.2) is 41.4 Å². The van der Waals surface area contributed by atoms with Crippen LogP contribution in [0.5, 0.6) is 23.0 Å². The Morgan fingerprint density at radius 3 is 2.18 bits per heavy atom. The minimum absolute atomic E-state index is 0.0346. The molecule has 2 heterocycles. The number of hydrogen-bond acceptors (Lipinski definition) is 14. The Morgan fingerprint density at radius 1 is 0.841 bits per heavy atom. The SMILES string of the molecule is C[C@@H]1O[C@@H](O[C@@H]2[C@H](O)[C@@H](OCCc3ccc(O)c(O)c3)O[C@@H](CO)[C@@H]2CC(=O)C=Cc2ccc(O)c(O)c2)[C@H](O)[C@@H](O)[C@@H]1O. The molecule has 0 spiro atoms. The van der Waals surface area contributed by atoms with E-state index in [1.165, 1.54) is 49.4 Å². The van der Waals surface area contributed by atoms with Crippen LogP contribution in [0.4, 0.5) is 0 Å². The molecule has 0 bridgehead atoms. The third kappa shape index (κ3) is 7.85. The normalized spacial score (nSPS) is 32.6. The van der Waals surface area contributed by atoms with Gasteiger partial charge < -0.3 is 64.9 Å². The van der Waals surface area contributed by atoms with Crippen LogP contribution >= 0.6 is 0 Å². The van der Waals surface area contributed by atoms with Crippen LogP contribution in [0, 0.1) is 5.92 Å². The second kappa shape index (κ2) is 14.6. The largest absolute Gasteiger partial charge is 0.504 e. The number of ether oxygens (including phenoxy) is 4. The average Bonchev–Trinajstić information content (AvgIpc) is 2.99. The zero-order valence-corrected chi connectivity index (χ0v) is 23.8. The Hall–Kier alpha value is -3.31. The first-order valence-corrected chi connectivity index (χ1v) is 14.0. The summed E-state index contributed by atoms with van der Waals surface area (Å²) in [7, 11) is 0. The molecule has 2 aliphatic heterocycles. The van der Waals surface area contributed by atoms with Gasteiger partial charge in [-0.25, -0.2) is 0 Å². The molecule has 0 aliphatic carbocycles. The molecule has 14 nitrogen and oxygen atoms in total. The molecule has 2 aliphatic rings. The van der Waals surface area contributed by atoms with Gasteiger partial charge in [0.25, 0.3) is 0 Å². The monoisotopic (exact) mass is 622 g/mol. The fraction of sp³-hybridized carbons (Fsp3) is 0.500. The molecule has 0 unspecified atom stereocenters. The number of carbonyl (C=O) groups is 1. The fourth-order valence-electron chi connectivity index (χ4n) is 5.15. The molecular weight excluding hydrogens is 584 g/mol. The van der Waals surface area contributed by atoms with E-state index in [0.29, 0.717) is 11.1 Å². The van der Waals surface area contributed by atoms with Crippen LogP contribution in [0.15, 0.2) is 42.5 Å². The van der Waals surface area contributed by atoms with Crippen molar-refractivity contribution in [2.24, 2.45) is 5.92 Å². The predicted molar refractivity (Wildman–Crippen MR) is 150 cm³/mol. The molecule has 2 saturated heterocycles. The quantitative estimate of drug-likeness (QED) is 0.115. The van der Waals surface area contributed by atoms with Crippen molar-refractivity contribution < 1.29 is 69.7 Å². The topological polar surface area (TPSA) is 236 Å². The lowest BCUT2D eigenvalue weighted by Crippen LogP contribution is -2.62. The van der Waals surface area contributed by atoms with Crippen molar-refractivity contribution in [2.75, 3.05) is 13.2 Å². The number of carbonyl (C=O) groups excluding carboxylic acids is 1. The highest BCUT2D eigenvalue weighted by Gasteiger charge is 2.51. The maximum absolute atomic E-state index is 13.0. The fourth-order valence-corrected chi connectivity index (χ4v) is 5.15. The third-order valence-electron chi connectivity index (χ3n) is 7.71. The molecule has 4 rings (SSSR count). The predicted octanol–water partition coefficient (Wildman–Crippen LogP) is -0.352. The smallest absolute Gasteiger partial charge is 0.186 e. The summed E-state index contributed by atoms with van der Waals surface area (Å²) in [4.78, 5) is 13.0. The van der Waals surface area contributed by atoms with Gasteiger partial charge in [-0.2, -0.15) is 0 Å². The lowest BCUT2D eigenvalue weighted by molar-refractivity contribution is -0.351. The lowest BCUT2D eigenvalue weighted by atomic mass is 9.84. The molecule has 10 atom stereocenters. The maximum atomic E-state index is 13.0. The lowest BCUT2D eigenvalue weighted by Gasteiger charge is -2.47. The van der Waals surface area contributed by atoms with E-state index in [-0.39, 0.29) is 42.4 Å². The Balaban J connectivity index is 1.52. The first-order valence-electron chi connectivity index (χ1n) is 14.0. The molecular formula is C30H38O14. The molecule has 14 heteroatoms. The van der Waals surface area contributed by atoms with Crippen LogP contribution in [0.3, 0.4) is 0 Å². The van der Waals surface area contributed by atoms with Crippen LogP contribution < -0.4 is 0 Å². The summed E-state index contributed by atoms with van der Waals surface area (Å²) in [5, 5.41) is 90.9. The molecule has 44 heavy (non-hydrogen) atoms. The third-order valence-corrected chi connectivity index (χ3v) is 7.71. The highest BCUT2D eigenvalue weighted by Crippen LogP contribution is 2.35. The molecule has 2 aromatic carbocycles. The van der Waals surface area contributed by atoms with Crippen LogP contribution in [0.1, 0.15) is 24.5 Å². The first-order chi connectivity index (χ1) is 20.9. The van der Waals surface area contributed by atoms with Crippen LogP contribution in [-0.2, 0) is 30.2 Å². The second-order valence-corrected chi connectivity index (χ2v) is 10.9. The van der Waals surface area contributed by atoms with E-state index in [2.05, 4.69) is 0 Å². The van der Waals surface area contributed by atoms with Crippen molar-refractivity contribution >= 4 is 11.9 Å². The Morgan fingerprint density at radius 2 is 1.52 bits per heavy atom. The Kier molecular flexibility index (Phi) is 11.2. The van der Waals surface area contributed by atoms with Gasteiger partial charge in [0.05, 0.1) is 31.5 Å². The summed E-state index contributed by atoms with van der Waals surface area (Å²) in [6.45, 7) is 0.803. The van der Waals surface area contributed by atoms with E-state index in [1.54, 1.807) is 6.07 Å². The number of phenols is 4. The first kappa shape index (κ1) is 33.6. The van der Waals surface area contributed by atoms with Gasteiger partial charge in [0, 0.05) is 12.3 Å². The van der Waals surface area contributed by atoms with Gasteiger partial charge in [0.2, 0.25) is 0 Å². The number of allylic oxidation sites excluding steroid dienone is 1. The highest BCUT2D eigenvalue weighted by atomic mass is 16.7. The average molecular weight is 623 g/mol. The second-order valence-electron chi connectivity index (χ2n) is 10.9. The number of aliphatic hydroxyl groups excluding tert-OH is 5. The van der Waals surface area contributed by atoms with Gasteiger partial charge in [-0.3, -0.25) is 4.79 Å². The molecule has 0 aromatic heterocycles. The van der Waals surface area contributed by atoms with Crippen molar-refractivity contribution in [2.45, 2.75) is 75.1 Å². The van der Waals surface area contributed by atoms with Crippen LogP contribution in [-0.4, -0.2) is 120 Å². The van der Waals surface area contributed by atoms with Gasteiger partial charge in [-0.15, -0.1) is 0 Å². The van der Waals surface area contributed by atoms with Gasteiger partial charge in [-0.1, -0.05) is 18.2 Å². The number of hydrogen-bond donors (Lipinski definition) is 9. The van der Waals surface area contributed by atoms with Crippen LogP contribution in [0.25, 0.3) is 6.08 Å².